The Bertz CT molecular complexity index is 1780. The summed E-state index contributed by atoms with van der Waals surface area (Å²) in [4.78, 5) is 13.7. The third-order valence-electron chi connectivity index (χ3n) is 8.46. The number of Topliss-reactive ketones (excluding diaryl/α,β-unsaturated/α-hetero) is 1. The predicted octanol–water partition coefficient (Wildman–Crippen LogP) is 6.01. The maximum atomic E-state index is 15.4. The first kappa shape index (κ1) is 33.8. The van der Waals surface area contributed by atoms with Crippen LogP contribution in [0.25, 0.3) is 0 Å². The Hall–Kier alpha value is -3.54. The molecule has 3 N–H and O–H groups in total. The average molecular weight is 670 g/mol. The van der Waals surface area contributed by atoms with Gasteiger partial charge in [0, 0.05) is 37.5 Å². The van der Waals surface area contributed by atoms with Gasteiger partial charge in [0.15, 0.2) is 5.78 Å². The van der Waals surface area contributed by atoms with E-state index in [2.05, 4.69) is 5.32 Å². The molecule has 0 aliphatic carbocycles. The van der Waals surface area contributed by atoms with E-state index in [-0.39, 0.29) is 40.8 Å². The van der Waals surface area contributed by atoms with Crippen LogP contribution in [0.4, 0.5) is 13.2 Å². The fourth-order valence-corrected chi connectivity index (χ4v) is 8.63. The van der Waals surface area contributed by atoms with E-state index >= 15 is 4.39 Å². The van der Waals surface area contributed by atoms with Crippen molar-refractivity contribution in [3.8, 4) is 0 Å². The zero-order chi connectivity index (χ0) is 33.0. The summed E-state index contributed by atoms with van der Waals surface area (Å²) in [6.45, 7) is 2.59. The third-order valence-corrected chi connectivity index (χ3v) is 11.0. The molecule has 0 aromatic heterocycles. The fraction of sp³-hybridized carbons (Fsp3) is 0.286. The molecule has 1 fully saturated rings. The Morgan fingerprint density at radius 1 is 0.935 bits per heavy atom. The summed E-state index contributed by atoms with van der Waals surface area (Å²) in [6.07, 6.45) is 0.191. The number of nitrogens with one attached hydrogen (secondary N) is 1. The molecule has 0 unspecified atom stereocenters. The van der Waals surface area contributed by atoms with Crippen molar-refractivity contribution in [2.45, 2.75) is 55.1 Å². The summed E-state index contributed by atoms with van der Waals surface area (Å²) in [6, 6.07) is 19.9. The van der Waals surface area contributed by atoms with Crippen LogP contribution in [0, 0.1) is 17.5 Å². The van der Waals surface area contributed by atoms with Gasteiger partial charge in [-0.2, -0.15) is 4.31 Å². The molecule has 242 valence electrons. The molecule has 6 nitrogen and oxygen atoms in total. The second-order valence-electron chi connectivity index (χ2n) is 11.6. The third kappa shape index (κ3) is 7.37. The summed E-state index contributed by atoms with van der Waals surface area (Å²) < 4.78 is 72.8. The van der Waals surface area contributed by atoms with E-state index < -0.39 is 51.3 Å². The van der Waals surface area contributed by atoms with E-state index in [4.69, 9.17) is 17.3 Å². The van der Waals surface area contributed by atoms with Crippen molar-refractivity contribution in [1.29, 1.82) is 0 Å². The lowest BCUT2D eigenvalue weighted by molar-refractivity contribution is -0.119. The van der Waals surface area contributed by atoms with E-state index in [0.717, 1.165) is 0 Å². The SMILES string of the molecule is C[C@H]1CNC[C@H](CCc2c(F)cccc2CC(=O)[C@@H](N)C(c2cccc(F)c2)c2cccc(F)c2)N1S(=O)(=O)c1ccccc1Cl. The predicted molar refractivity (Wildman–Crippen MR) is 173 cm³/mol. The molecule has 1 heterocycles. The number of hydrogen-bond donors (Lipinski definition) is 2. The zero-order valence-electron chi connectivity index (χ0n) is 25.2. The van der Waals surface area contributed by atoms with Crippen molar-refractivity contribution < 1.29 is 26.4 Å². The number of carbonyl (C=O) groups excluding carboxylic acids is 1. The van der Waals surface area contributed by atoms with Crippen LogP contribution < -0.4 is 11.1 Å². The molecule has 46 heavy (non-hydrogen) atoms. The molecule has 0 spiro atoms. The van der Waals surface area contributed by atoms with Gasteiger partial charge in [-0.1, -0.05) is 60.1 Å². The van der Waals surface area contributed by atoms with Gasteiger partial charge < -0.3 is 11.1 Å². The van der Waals surface area contributed by atoms with Gasteiger partial charge in [-0.05, 0) is 84.5 Å². The zero-order valence-corrected chi connectivity index (χ0v) is 26.7. The first-order valence-electron chi connectivity index (χ1n) is 15.0. The number of ketones is 1. The van der Waals surface area contributed by atoms with Gasteiger partial charge in [0.05, 0.1) is 11.1 Å². The number of benzene rings is 4. The van der Waals surface area contributed by atoms with Crippen molar-refractivity contribution in [3.63, 3.8) is 0 Å². The van der Waals surface area contributed by atoms with Gasteiger partial charge in [-0.15, -0.1) is 0 Å². The number of piperazine rings is 1. The van der Waals surface area contributed by atoms with Crippen molar-refractivity contribution in [1.82, 2.24) is 9.62 Å². The minimum absolute atomic E-state index is 0.00716. The molecule has 0 bridgehead atoms. The van der Waals surface area contributed by atoms with Crippen molar-refractivity contribution >= 4 is 27.4 Å². The van der Waals surface area contributed by atoms with Crippen LogP contribution in [0.3, 0.4) is 0 Å². The number of nitrogens with two attached hydrogens (primary N) is 1. The number of rotatable bonds is 11. The summed E-state index contributed by atoms with van der Waals surface area (Å²) in [5.41, 5.74) is 8.03. The molecule has 1 aliphatic rings. The standard InChI is InChI=1S/C35H35ClF3N3O3S/c1-22-20-41-21-28(42(22)46(44,45)33-14-3-2-12-30(33)36)15-16-29-23(7-6-13-31(29)39)19-32(43)35(40)34(24-8-4-10-26(37)17-24)25-9-5-11-27(38)18-25/h2-14,17-18,22,28,34-35,41H,15-16,19-21,40H2,1H3/t22-,28-,35+/m0/s1. The molecule has 3 atom stereocenters. The normalized spacial score (nSPS) is 18.1. The molecule has 4 aromatic carbocycles. The van der Waals surface area contributed by atoms with Crippen LogP contribution in [0.1, 0.15) is 41.5 Å². The lowest BCUT2D eigenvalue weighted by atomic mass is 9.82. The number of nitrogens with zero attached hydrogens (tertiary/aromatic N) is 1. The lowest BCUT2D eigenvalue weighted by Crippen LogP contribution is -2.58. The van der Waals surface area contributed by atoms with Crippen molar-refractivity contribution in [3.05, 3.63) is 136 Å². The molecule has 0 amide bonds. The van der Waals surface area contributed by atoms with E-state index in [1.807, 2.05) is 0 Å². The summed E-state index contributed by atoms with van der Waals surface area (Å²) in [5, 5.41) is 3.38. The topological polar surface area (TPSA) is 92.5 Å². The van der Waals surface area contributed by atoms with Crippen LogP contribution in [0.15, 0.2) is 95.9 Å². The van der Waals surface area contributed by atoms with Crippen LogP contribution in [-0.2, 0) is 27.7 Å². The second-order valence-corrected chi connectivity index (χ2v) is 13.8. The highest BCUT2D eigenvalue weighted by molar-refractivity contribution is 7.89. The van der Waals surface area contributed by atoms with Crippen LogP contribution in [0.2, 0.25) is 5.02 Å². The molecular formula is C35H35ClF3N3O3S. The number of halogens is 4. The lowest BCUT2D eigenvalue weighted by Gasteiger charge is -2.40. The molecule has 0 saturated carbocycles. The Morgan fingerprint density at radius 2 is 1.57 bits per heavy atom. The van der Waals surface area contributed by atoms with Crippen molar-refractivity contribution in [2.24, 2.45) is 5.73 Å². The smallest absolute Gasteiger partial charge is 0.245 e. The van der Waals surface area contributed by atoms with Crippen LogP contribution >= 0.6 is 11.6 Å². The Morgan fingerprint density at radius 3 is 2.20 bits per heavy atom. The fourth-order valence-electron chi connectivity index (χ4n) is 6.29. The summed E-state index contributed by atoms with van der Waals surface area (Å²) in [7, 11) is -3.97. The van der Waals surface area contributed by atoms with Gasteiger partial charge >= 0.3 is 0 Å². The molecule has 11 heteroatoms. The first-order chi connectivity index (χ1) is 22.0. The molecule has 1 saturated heterocycles. The number of carbonyl (C=O) groups is 1. The van der Waals surface area contributed by atoms with E-state index in [1.165, 1.54) is 65.0 Å². The van der Waals surface area contributed by atoms with E-state index in [0.29, 0.717) is 29.8 Å². The molecule has 1 aliphatic heterocycles. The van der Waals surface area contributed by atoms with Gasteiger partial charge in [0.25, 0.3) is 0 Å². The summed E-state index contributed by atoms with van der Waals surface area (Å²) in [5.74, 6) is -2.87. The number of sulfonamides is 1. The number of hydrogen-bond acceptors (Lipinski definition) is 5. The maximum Gasteiger partial charge on any atom is 0.245 e. The maximum absolute atomic E-state index is 15.4. The quantitative estimate of drug-likeness (QED) is 0.204. The highest BCUT2D eigenvalue weighted by atomic mass is 35.5. The summed E-state index contributed by atoms with van der Waals surface area (Å²) >= 11 is 6.28. The molecular weight excluding hydrogens is 635 g/mol. The van der Waals surface area contributed by atoms with Crippen LogP contribution in [0.5, 0.6) is 0 Å². The largest absolute Gasteiger partial charge is 0.321 e. The first-order valence-corrected chi connectivity index (χ1v) is 16.8. The van der Waals surface area contributed by atoms with Gasteiger partial charge in [-0.25, -0.2) is 21.6 Å². The average Bonchev–Trinajstić information content (AvgIpc) is 3.01. The minimum Gasteiger partial charge on any atom is -0.321 e. The molecule has 0 radical (unpaired) electrons. The Balaban J connectivity index is 1.39. The minimum atomic E-state index is -3.97. The van der Waals surface area contributed by atoms with E-state index in [1.54, 1.807) is 37.3 Å². The second kappa shape index (κ2) is 14.5. The highest BCUT2D eigenvalue weighted by Crippen LogP contribution is 2.32. The Kier molecular flexibility index (Phi) is 10.6. The monoisotopic (exact) mass is 669 g/mol. The van der Waals surface area contributed by atoms with E-state index in [9.17, 15) is 22.0 Å². The van der Waals surface area contributed by atoms with Gasteiger partial charge in [0.1, 0.15) is 22.3 Å². The van der Waals surface area contributed by atoms with Gasteiger partial charge in [-0.3, -0.25) is 4.79 Å². The Labute approximate surface area is 272 Å². The molecule has 5 rings (SSSR count). The highest BCUT2D eigenvalue weighted by Gasteiger charge is 2.39. The van der Waals surface area contributed by atoms with Gasteiger partial charge in [0.2, 0.25) is 10.0 Å². The van der Waals surface area contributed by atoms with Crippen molar-refractivity contribution in [2.75, 3.05) is 13.1 Å². The van der Waals surface area contributed by atoms with Crippen LogP contribution in [-0.4, -0.2) is 49.7 Å². The molecule has 4 aromatic rings.